The number of rotatable bonds is 11. The Balaban J connectivity index is 1.64. The third-order valence-corrected chi connectivity index (χ3v) is 6.85. The van der Waals surface area contributed by atoms with Gasteiger partial charge in [0.05, 0.1) is 0 Å². The molecule has 1 N–H and O–H groups in total. The lowest BCUT2D eigenvalue weighted by Gasteiger charge is -2.32. The van der Waals surface area contributed by atoms with Gasteiger partial charge in [-0.15, -0.1) is 0 Å². The number of carbonyl (C=O) groups is 2. The zero-order chi connectivity index (χ0) is 26.9. The van der Waals surface area contributed by atoms with Gasteiger partial charge in [0, 0.05) is 24.4 Å². The van der Waals surface area contributed by atoms with E-state index in [9.17, 15) is 9.59 Å². The summed E-state index contributed by atoms with van der Waals surface area (Å²) in [7, 11) is 0. The monoisotopic (exact) mass is 508 g/mol. The number of amides is 2. The number of aryl methyl sites for hydroxylation is 1. The van der Waals surface area contributed by atoms with Crippen LogP contribution in [-0.2, 0) is 22.6 Å². The van der Waals surface area contributed by atoms with E-state index in [-0.39, 0.29) is 24.5 Å². The molecule has 196 valence electrons. The van der Waals surface area contributed by atoms with Crippen LogP contribution in [0.5, 0.6) is 5.75 Å². The first-order valence-electron chi connectivity index (χ1n) is 13.2. The fourth-order valence-corrected chi connectivity index (χ4v) is 4.43. The normalized spacial score (nSPS) is 12.5. The number of nitrogens with one attached hydrogen (secondary N) is 1. The van der Waals surface area contributed by atoms with E-state index >= 15 is 0 Å². The van der Waals surface area contributed by atoms with Crippen molar-refractivity contribution in [2.75, 3.05) is 6.61 Å². The first-order valence-corrected chi connectivity index (χ1v) is 13.2. The number of ether oxygens (including phenoxy) is 1. The highest BCUT2D eigenvalue weighted by Gasteiger charge is 2.31. The smallest absolute Gasteiger partial charge is 0.261 e. The average Bonchev–Trinajstić information content (AvgIpc) is 2.95. The summed E-state index contributed by atoms with van der Waals surface area (Å²) >= 11 is 0. The van der Waals surface area contributed by atoms with E-state index < -0.39 is 6.04 Å². The average molecular weight is 509 g/mol. The molecule has 0 aliphatic carbocycles. The van der Waals surface area contributed by atoms with Crippen molar-refractivity contribution in [1.29, 1.82) is 0 Å². The number of hydrogen-bond acceptors (Lipinski definition) is 3. The van der Waals surface area contributed by atoms with Crippen LogP contribution in [0.15, 0.2) is 97.1 Å². The van der Waals surface area contributed by atoms with Gasteiger partial charge in [-0.05, 0) is 42.8 Å². The molecule has 2 atom stereocenters. The maximum Gasteiger partial charge on any atom is 0.261 e. The summed E-state index contributed by atoms with van der Waals surface area (Å²) < 4.78 is 6.08. The molecule has 5 heteroatoms. The lowest BCUT2D eigenvalue weighted by atomic mass is 10.0. The van der Waals surface area contributed by atoms with Crippen LogP contribution in [-0.4, -0.2) is 35.4 Å². The Kier molecular flexibility index (Phi) is 9.15. The Hall–Kier alpha value is -4.12. The standard InChI is InChI=1S/C33H36N2O3/c1-4-25(3)34-33(37)30(21-26-11-6-5-7-12-26)35(22-27-19-17-24(2)18-20-27)32(36)23-38-31-16-10-14-28-13-8-9-15-29(28)31/h5-20,25,30H,4,21-23H2,1-3H3,(H,34,37). The summed E-state index contributed by atoms with van der Waals surface area (Å²) in [6.07, 6.45) is 1.22. The SMILES string of the molecule is CCC(C)NC(=O)C(Cc1ccccc1)N(Cc1ccc(C)cc1)C(=O)COc1cccc2ccccc12. The quantitative estimate of drug-likeness (QED) is 0.267. The summed E-state index contributed by atoms with van der Waals surface area (Å²) in [5.41, 5.74) is 3.10. The van der Waals surface area contributed by atoms with Gasteiger partial charge in [-0.3, -0.25) is 9.59 Å². The lowest BCUT2D eigenvalue weighted by molar-refractivity contribution is -0.143. The molecule has 2 unspecified atom stereocenters. The highest BCUT2D eigenvalue weighted by Crippen LogP contribution is 2.25. The second-order valence-corrected chi connectivity index (χ2v) is 9.80. The van der Waals surface area contributed by atoms with E-state index in [2.05, 4.69) is 5.32 Å². The molecule has 38 heavy (non-hydrogen) atoms. The fourth-order valence-electron chi connectivity index (χ4n) is 4.43. The molecule has 0 saturated heterocycles. The van der Waals surface area contributed by atoms with Crippen LogP contribution in [0.2, 0.25) is 0 Å². The molecule has 0 aliphatic rings. The van der Waals surface area contributed by atoms with Crippen molar-refractivity contribution in [3.05, 3.63) is 114 Å². The van der Waals surface area contributed by atoms with E-state index in [0.717, 1.165) is 33.9 Å². The van der Waals surface area contributed by atoms with Crippen molar-refractivity contribution in [3.63, 3.8) is 0 Å². The first kappa shape index (κ1) is 26.9. The summed E-state index contributed by atoms with van der Waals surface area (Å²) in [5.74, 6) is 0.253. The third-order valence-electron chi connectivity index (χ3n) is 6.85. The number of fused-ring (bicyclic) bond motifs is 1. The van der Waals surface area contributed by atoms with Gasteiger partial charge in [0.1, 0.15) is 11.8 Å². The Labute approximate surface area is 225 Å². The molecule has 4 aromatic rings. The molecular weight excluding hydrogens is 472 g/mol. The molecule has 0 spiro atoms. The molecule has 0 fully saturated rings. The third kappa shape index (κ3) is 7.00. The Morgan fingerprint density at radius 1 is 0.842 bits per heavy atom. The molecule has 0 bridgehead atoms. The minimum absolute atomic E-state index is 0.00373. The van der Waals surface area contributed by atoms with Gasteiger partial charge in [0.15, 0.2) is 6.61 Å². The van der Waals surface area contributed by atoms with Crippen LogP contribution < -0.4 is 10.1 Å². The van der Waals surface area contributed by atoms with Crippen molar-refractivity contribution < 1.29 is 14.3 Å². The Morgan fingerprint density at radius 3 is 2.26 bits per heavy atom. The highest BCUT2D eigenvalue weighted by atomic mass is 16.5. The number of carbonyl (C=O) groups excluding carboxylic acids is 2. The maximum absolute atomic E-state index is 13.8. The molecule has 2 amide bonds. The Morgan fingerprint density at radius 2 is 1.53 bits per heavy atom. The molecule has 4 rings (SSSR count). The van der Waals surface area contributed by atoms with Gasteiger partial charge in [-0.25, -0.2) is 0 Å². The van der Waals surface area contributed by atoms with Crippen LogP contribution >= 0.6 is 0 Å². The second-order valence-electron chi connectivity index (χ2n) is 9.80. The van der Waals surface area contributed by atoms with Crippen molar-refractivity contribution >= 4 is 22.6 Å². The van der Waals surface area contributed by atoms with Gasteiger partial charge >= 0.3 is 0 Å². The molecule has 0 saturated carbocycles. The highest BCUT2D eigenvalue weighted by molar-refractivity contribution is 5.90. The molecule has 0 aliphatic heterocycles. The number of nitrogens with zero attached hydrogens (tertiary/aromatic N) is 1. The molecule has 4 aromatic carbocycles. The van der Waals surface area contributed by atoms with Gasteiger partial charge in [-0.1, -0.05) is 103 Å². The Bertz CT molecular complexity index is 1350. The van der Waals surface area contributed by atoms with E-state index in [1.807, 2.05) is 118 Å². The zero-order valence-electron chi connectivity index (χ0n) is 22.4. The van der Waals surface area contributed by atoms with Crippen LogP contribution in [0.3, 0.4) is 0 Å². The van der Waals surface area contributed by atoms with E-state index in [4.69, 9.17) is 4.74 Å². The fraction of sp³-hybridized carbons (Fsp3) is 0.273. The molecule has 0 heterocycles. The van der Waals surface area contributed by atoms with Gasteiger partial charge in [0.2, 0.25) is 5.91 Å². The molecule has 0 radical (unpaired) electrons. The van der Waals surface area contributed by atoms with Crippen LogP contribution in [0.4, 0.5) is 0 Å². The molecular formula is C33H36N2O3. The summed E-state index contributed by atoms with van der Waals surface area (Å²) in [5, 5.41) is 5.10. The van der Waals surface area contributed by atoms with E-state index in [0.29, 0.717) is 18.7 Å². The lowest BCUT2D eigenvalue weighted by Crippen LogP contribution is -2.53. The van der Waals surface area contributed by atoms with E-state index in [1.165, 1.54) is 0 Å². The molecule has 0 aromatic heterocycles. The summed E-state index contributed by atoms with van der Waals surface area (Å²) in [6, 6.07) is 31.0. The summed E-state index contributed by atoms with van der Waals surface area (Å²) in [6.45, 7) is 6.19. The second kappa shape index (κ2) is 12.9. The predicted octanol–water partition coefficient (Wildman–Crippen LogP) is 6.08. The van der Waals surface area contributed by atoms with Crippen molar-refractivity contribution in [2.24, 2.45) is 0 Å². The first-order chi connectivity index (χ1) is 18.4. The van der Waals surface area contributed by atoms with Crippen molar-refractivity contribution in [1.82, 2.24) is 10.2 Å². The predicted molar refractivity (Wildman–Crippen MR) is 153 cm³/mol. The summed E-state index contributed by atoms with van der Waals surface area (Å²) in [4.78, 5) is 29.1. The maximum atomic E-state index is 13.8. The minimum Gasteiger partial charge on any atom is -0.483 e. The largest absolute Gasteiger partial charge is 0.483 e. The van der Waals surface area contributed by atoms with Gasteiger partial charge in [0.25, 0.3) is 5.91 Å². The number of benzene rings is 4. The van der Waals surface area contributed by atoms with Gasteiger partial charge in [-0.2, -0.15) is 0 Å². The van der Waals surface area contributed by atoms with E-state index in [1.54, 1.807) is 4.90 Å². The number of hydrogen-bond donors (Lipinski definition) is 1. The van der Waals surface area contributed by atoms with Crippen molar-refractivity contribution in [3.8, 4) is 5.75 Å². The topological polar surface area (TPSA) is 58.6 Å². The minimum atomic E-state index is -0.684. The van der Waals surface area contributed by atoms with Gasteiger partial charge < -0.3 is 15.0 Å². The molecule has 5 nitrogen and oxygen atoms in total. The zero-order valence-corrected chi connectivity index (χ0v) is 22.4. The van der Waals surface area contributed by atoms with Crippen LogP contribution in [0.1, 0.15) is 37.0 Å². The van der Waals surface area contributed by atoms with Crippen molar-refractivity contribution in [2.45, 2.75) is 52.2 Å². The van der Waals surface area contributed by atoms with Crippen LogP contribution in [0, 0.1) is 6.92 Å². The van der Waals surface area contributed by atoms with Crippen LogP contribution in [0.25, 0.3) is 10.8 Å².